The van der Waals surface area contributed by atoms with Crippen LogP contribution in [0.1, 0.15) is 5.69 Å². The Morgan fingerprint density at radius 2 is 1.41 bits per heavy atom. The summed E-state index contributed by atoms with van der Waals surface area (Å²) in [5.74, 6) is 0.840. The lowest BCUT2D eigenvalue weighted by atomic mass is 10.1. The van der Waals surface area contributed by atoms with Gasteiger partial charge in [0.15, 0.2) is 0 Å². The molecule has 5 heterocycles. The second-order valence-electron chi connectivity index (χ2n) is 8.27. The number of pyridine rings is 1. The number of benzene rings is 3. The third kappa shape index (κ3) is 1.88. The quantitative estimate of drug-likeness (QED) is 0.304. The highest BCUT2D eigenvalue weighted by atomic mass is 16.3. The summed E-state index contributed by atoms with van der Waals surface area (Å²) < 4.78 is 10.5. The summed E-state index contributed by atoms with van der Waals surface area (Å²) in [6, 6.07) is 24.8. The molecule has 6 nitrogen and oxygen atoms in total. The van der Waals surface area contributed by atoms with Crippen LogP contribution in [0.15, 0.2) is 77.2 Å². The molecule has 0 radical (unpaired) electrons. The van der Waals surface area contributed by atoms with Crippen molar-refractivity contribution in [2.24, 2.45) is 0 Å². The summed E-state index contributed by atoms with van der Waals surface area (Å²) >= 11 is 0. The van der Waals surface area contributed by atoms with Crippen molar-refractivity contribution < 1.29 is 4.42 Å². The van der Waals surface area contributed by atoms with Crippen LogP contribution in [0, 0.1) is 6.92 Å². The van der Waals surface area contributed by atoms with Crippen LogP contribution in [0.25, 0.3) is 66.5 Å². The SMILES string of the molecule is Cc1ccc2c(n1)oc1cc3c(cc12)c1nc2ccccc2n1c1nc2ccccc2n31. The lowest BCUT2D eigenvalue weighted by Gasteiger charge is -2.07. The Labute approximate surface area is 180 Å². The predicted molar refractivity (Wildman–Crippen MR) is 126 cm³/mol. The van der Waals surface area contributed by atoms with Gasteiger partial charge in [-0.3, -0.25) is 8.80 Å². The van der Waals surface area contributed by atoms with Gasteiger partial charge in [0.05, 0.1) is 27.6 Å². The number of nitrogens with zero attached hydrogens (tertiary/aromatic N) is 5. The normalized spacial score (nSPS) is 12.5. The van der Waals surface area contributed by atoms with Crippen molar-refractivity contribution in [2.45, 2.75) is 6.92 Å². The maximum atomic E-state index is 6.18. The van der Waals surface area contributed by atoms with Crippen LogP contribution in [0.4, 0.5) is 0 Å². The summed E-state index contributed by atoms with van der Waals surface area (Å²) in [6.07, 6.45) is 0. The topological polar surface area (TPSA) is 60.6 Å². The van der Waals surface area contributed by atoms with Crippen LogP contribution in [-0.2, 0) is 0 Å². The van der Waals surface area contributed by atoms with Crippen molar-refractivity contribution in [3.05, 3.63) is 78.5 Å². The fourth-order valence-electron chi connectivity index (χ4n) is 4.96. The molecule has 6 heteroatoms. The Kier molecular flexibility index (Phi) is 2.76. The molecule has 150 valence electrons. The smallest absolute Gasteiger partial charge is 0.227 e. The first-order chi connectivity index (χ1) is 15.8. The summed E-state index contributed by atoms with van der Waals surface area (Å²) in [4.78, 5) is 14.6. The molecule has 8 aromatic rings. The zero-order valence-electron chi connectivity index (χ0n) is 17.1. The summed E-state index contributed by atoms with van der Waals surface area (Å²) in [5, 5.41) is 3.10. The van der Waals surface area contributed by atoms with Crippen LogP contribution in [0.2, 0.25) is 0 Å². The zero-order chi connectivity index (χ0) is 21.0. The molecule has 3 aromatic carbocycles. The number of furan rings is 1. The third-order valence-corrected chi connectivity index (χ3v) is 6.38. The van der Waals surface area contributed by atoms with E-state index in [9.17, 15) is 0 Å². The highest BCUT2D eigenvalue weighted by Gasteiger charge is 2.19. The first-order valence-electron chi connectivity index (χ1n) is 10.6. The van der Waals surface area contributed by atoms with E-state index in [0.717, 1.165) is 66.4 Å². The van der Waals surface area contributed by atoms with Gasteiger partial charge in [-0.1, -0.05) is 24.3 Å². The highest BCUT2D eigenvalue weighted by Crippen LogP contribution is 2.36. The van der Waals surface area contributed by atoms with Crippen molar-refractivity contribution in [3.8, 4) is 0 Å². The monoisotopic (exact) mass is 413 g/mol. The number of aromatic nitrogens is 5. The van der Waals surface area contributed by atoms with Crippen molar-refractivity contribution in [3.63, 3.8) is 0 Å². The Balaban J connectivity index is 1.72. The van der Waals surface area contributed by atoms with Gasteiger partial charge in [-0.05, 0) is 49.4 Å². The van der Waals surface area contributed by atoms with Crippen LogP contribution in [0.3, 0.4) is 0 Å². The van der Waals surface area contributed by atoms with Gasteiger partial charge in [0.1, 0.15) is 11.2 Å². The first kappa shape index (κ1) is 16.3. The number of hydrogen-bond acceptors (Lipinski definition) is 4. The fraction of sp³-hybridized carbons (Fsp3) is 0.0385. The minimum Gasteiger partial charge on any atom is -0.438 e. The molecule has 0 bridgehead atoms. The molecule has 32 heavy (non-hydrogen) atoms. The number of aryl methyl sites for hydroxylation is 1. The van der Waals surface area contributed by atoms with E-state index < -0.39 is 0 Å². The summed E-state index contributed by atoms with van der Waals surface area (Å²) in [5.41, 5.74) is 8.29. The van der Waals surface area contributed by atoms with Gasteiger partial charge >= 0.3 is 0 Å². The first-order valence-corrected chi connectivity index (χ1v) is 10.6. The number of fused-ring (bicyclic) bond motifs is 13. The van der Waals surface area contributed by atoms with E-state index in [-0.39, 0.29) is 0 Å². The largest absolute Gasteiger partial charge is 0.438 e. The molecule has 0 N–H and O–H groups in total. The molecular weight excluding hydrogens is 398 g/mol. The Morgan fingerprint density at radius 1 is 0.656 bits per heavy atom. The van der Waals surface area contributed by atoms with Crippen LogP contribution in [0.5, 0.6) is 0 Å². The van der Waals surface area contributed by atoms with E-state index in [2.05, 4.69) is 44.1 Å². The average Bonchev–Trinajstić information content (AvgIpc) is 3.48. The van der Waals surface area contributed by atoms with Crippen molar-refractivity contribution >= 4 is 66.5 Å². The molecule has 0 unspecified atom stereocenters. The van der Waals surface area contributed by atoms with Crippen molar-refractivity contribution in [1.29, 1.82) is 0 Å². The van der Waals surface area contributed by atoms with E-state index in [4.69, 9.17) is 14.4 Å². The lowest BCUT2D eigenvalue weighted by molar-refractivity contribution is 0.653. The van der Waals surface area contributed by atoms with Crippen LogP contribution < -0.4 is 0 Å². The number of rotatable bonds is 0. The molecule has 0 aliphatic carbocycles. The van der Waals surface area contributed by atoms with Crippen LogP contribution >= 0.6 is 0 Å². The molecule has 0 amide bonds. The zero-order valence-corrected chi connectivity index (χ0v) is 17.1. The minimum absolute atomic E-state index is 0.659. The Morgan fingerprint density at radius 3 is 2.25 bits per heavy atom. The number of para-hydroxylation sites is 4. The molecule has 0 saturated carbocycles. The number of hydrogen-bond donors (Lipinski definition) is 0. The van der Waals surface area contributed by atoms with E-state index in [0.29, 0.717) is 5.71 Å². The van der Waals surface area contributed by atoms with Gasteiger partial charge in [-0.2, -0.15) is 0 Å². The maximum absolute atomic E-state index is 6.18. The van der Waals surface area contributed by atoms with Crippen LogP contribution in [-0.4, -0.2) is 23.8 Å². The predicted octanol–water partition coefficient (Wildman–Crippen LogP) is 6.04. The van der Waals surface area contributed by atoms with Gasteiger partial charge in [-0.25, -0.2) is 15.0 Å². The van der Waals surface area contributed by atoms with Gasteiger partial charge in [0.25, 0.3) is 0 Å². The Bertz CT molecular complexity index is 2060. The van der Waals surface area contributed by atoms with Gasteiger partial charge in [0.2, 0.25) is 11.5 Å². The minimum atomic E-state index is 0.659. The van der Waals surface area contributed by atoms with Crippen molar-refractivity contribution in [2.75, 3.05) is 0 Å². The third-order valence-electron chi connectivity index (χ3n) is 6.38. The molecular formula is C26H15N5O. The molecule has 0 aliphatic heterocycles. The molecule has 0 fully saturated rings. The molecule has 0 spiro atoms. The second kappa shape index (κ2) is 5.42. The van der Waals surface area contributed by atoms with E-state index in [1.54, 1.807) is 0 Å². The molecule has 0 aliphatic rings. The van der Waals surface area contributed by atoms with E-state index in [1.165, 1.54) is 0 Å². The summed E-state index contributed by atoms with van der Waals surface area (Å²) in [7, 11) is 0. The fourth-order valence-corrected chi connectivity index (χ4v) is 4.96. The summed E-state index contributed by atoms with van der Waals surface area (Å²) in [6.45, 7) is 1.98. The van der Waals surface area contributed by atoms with Gasteiger partial charge in [0, 0.05) is 27.9 Å². The molecule has 5 aromatic heterocycles. The highest BCUT2D eigenvalue weighted by molar-refractivity contribution is 6.12. The van der Waals surface area contributed by atoms with Gasteiger partial charge < -0.3 is 4.42 Å². The van der Waals surface area contributed by atoms with E-state index >= 15 is 0 Å². The number of imidazole rings is 2. The molecule has 0 atom stereocenters. The molecule has 0 saturated heterocycles. The van der Waals surface area contributed by atoms with Crippen molar-refractivity contribution in [1.82, 2.24) is 23.8 Å². The Hall–Kier alpha value is -4.45. The second-order valence-corrected chi connectivity index (χ2v) is 8.27. The maximum Gasteiger partial charge on any atom is 0.227 e. The van der Waals surface area contributed by atoms with Gasteiger partial charge in [-0.15, -0.1) is 0 Å². The molecule has 8 rings (SSSR count). The van der Waals surface area contributed by atoms with E-state index in [1.807, 2.05) is 49.4 Å². The standard InChI is InChI=1S/C26H15N5O/c1-14-10-11-15-16-12-17-22(13-23(16)32-25(15)27-14)30-20-8-4-3-7-19(20)29-26(30)31-21-9-5-2-6-18(21)28-24(17)31/h2-13H,1H3. The lowest BCUT2D eigenvalue weighted by Crippen LogP contribution is -1.98. The average molecular weight is 413 g/mol.